The van der Waals surface area contributed by atoms with E-state index in [1.165, 1.54) is 5.56 Å². The van der Waals surface area contributed by atoms with E-state index in [-0.39, 0.29) is 0 Å². The fourth-order valence-electron chi connectivity index (χ4n) is 2.13. The van der Waals surface area contributed by atoms with Crippen molar-refractivity contribution in [2.75, 3.05) is 20.6 Å². The Balaban J connectivity index is 2.34. The molecule has 3 nitrogen and oxygen atoms in total. The van der Waals surface area contributed by atoms with Crippen LogP contribution in [0.1, 0.15) is 32.8 Å². The molecular weight excluding hydrogens is 212 g/mol. The summed E-state index contributed by atoms with van der Waals surface area (Å²) in [6, 6.07) is 2.57. The molecule has 1 aromatic heterocycles. The van der Waals surface area contributed by atoms with Crippen molar-refractivity contribution in [2.24, 2.45) is 5.41 Å². The predicted octanol–water partition coefficient (Wildman–Crippen LogP) is 2.74. The maximum atomic E-state index is 5.08. The molecule has 0 saturated carbocycles. The first-order valence-electron chi connectivity index (χ1n) is 6.30. The molecule has 0 spiro atoms. The van der Waals surface area contributed by atoms with Gasteiger partial charge >= 0.3 is 0 Å². The molecular formula is C14H26N2O. The number of nitrogens with one attached hydrogen (secondary N) is 1. The van der Waals surface area contributed by atoms with Crippen LogP contribution in [0.25, 0.3) is 0 Å². The zero-order valence-electron chi connectivity index (χ0n) is 11.8. The molecule has 0 fully saturated rings. The second kappa shape index (κ2) is 6.22. The van der Waals surface area contributed by atoms with Gasteiger partial charge in [0.25, 0.3) is 0 Å². The molecule has 0 aliphatic rings. The standard InChI is InChI=1S/C14H26N2O/c1-14(2,3)13(15-4)6-8-16(5)10-12-7-9-17-11-12/h7,9,11,13,15H,6,8,10H2,1-5H3. The third-order valence-electron chi connectivity index (χ3n) is 3.23. The first-order chi connectivity index (χ1) is 7.93. The number of nitrogens with zero attached hydrogens (tertiary/aromatic N) is 1. The lowest BCUT2D eigenvalue weighted by Gasteiger charge is -2.31. The van der Waals surface area contributed by atoms with Gasteiger partial charge in [-0.05, 0) is 38.5 Å². The summed E-state index contributed by atoms with van der Waals surface area (Å²) in [5.74, 6) is 0. The zero-order valence-corrected chi connectivity index (χ0v) is 11.8. The highest BCUT2D eigenvalue weighted by atomic mass is 16.3. The van der Waals surface area contributed by atoms with E-state index in [1.54, 1.807) is 6.26 Å². The van der Waals surface area contributed by atoms with Gasteiger partial charge in [-0.25, -0.2) is 0 Å². The normalized spacial score (nSPS) is 14.2. The summed E-state index contributed by atoms with van der Waals surface area (Å²) in [7, 11) is 4.20. The fourth-order valence-corrected chi connectivity index (χ4v) is 2.13. The van der Waals surface area contributed by atoms with Crippen LogP contribution in [0.5, 0.6) is 0 Å². The minimum Gasteiger partial charge on any atom is -0.472 e. The Morgan fingerprint density at radius 1 is 1.41 bits per heavy atom. The van der Waals surface area contributed by atoms with E-state index in [2.05, 4.69) is 38.0 Å². The molecule has 1 N–H and O–H groups in total. The maximum Gasteiger partial charge on any atom is 0.0947 e. The quantitative estimate of drug-likeness (QED) is 0.826. The number of rotatable bonds is 6. The molecule has 1 unspecified atom stereocenters. The maximum absolute atomic E-state index is 5.08. The summed E-state index contributed by atoms with van der Waals surface area (Å²) in [5.41, 5.74) is 1.55. The topological polar surface area (TPSA) is 28.4 Å². The van der Waals surface area contributed by atoms with Gasteiger partial charge in [0.05, 0.1) is 12.5 Å². The van der Waals surface area contributed by atoms with Crippen molar-refractivity contribution >= 4 is 0 Å². The van der Waals surface area contributed by atoms with Crippen LogP contribution in [0.3, 0.4) is 0 Å². The minimum absolute atomic E-state index is 0.311. The second-order valence-corrected chi connectivity index (χ2v) is 5.87. The summed E-state index contributed by atoms with van der Waals surface area (Å²) in [6.45, 7) is 8.89. The van der Waals surface area contributed by atoms with Gasteiger partial charge in [-0.15, -0.1) is 0 Å². The van der Waals surface area contributed by atoms with Crippen molar-refractivity contribution in [2.45, 2.75) is 39.8 Å². The van der Waals surface area contributed by atoms with Crippen LogP contribution in [0.15, 0.2) is 23.0 Å². The van der Waals surface area contributed by atoms with Crippen molar-refractivity contribution < 1.29 is 4.42 Å². The molecule has 1 rings (SSSR count). The third kappa shape index (κ3) is 4.92. The molecule has 1 heterocycles. The number of hydrogen-bond acceptors (Lipinski definition) is 3. The van der Waals surface area contributed by atoms with Crippen molar-refractivity contribution in [3.8, 4) is 0 Å². The van der Waals surface area contributed by atoms with Gasteiger partial charge in [-0.2, -0.15) is 0 Å². The average Bonchev–Trinajstić information content (AvgIpc) is 2.69. The van der Waals surface area contributed by atoms with Crippen LogP contribution in [-0.2, 0) is 6.54 Å². The molecule has 0 aliphatic heterocycles. The molecule has 0 amide bonds. The van der Waals surface area contributed by atoms with Gasteiger partial charge in [0.15, 0.2) is 0 Å². The van der Waals surface area contributed by atoms with Gasteiger partial charge in [0, 0.05) is 18.2 Å². The molecule has 17 heavy (non-hydrogen) atoms. The lowest BCUT2D eigenvalue weighted by molar-refractivity contribution is 0.227. The van der Waals surface area contributed by atoms with Gasteiger partial charge in [0.2, 0.25) is 0 Å². The van der Waals surface area contributed by atoms with Crippen LogP contribution in [0, 0.1) is 5.41 Å². The molecule has 1 aromatic rings. The zero-order chi connectivity index (χ0) is 12.9. The van der Waals surface area contributed by atoms with Gasteiger partial charge in [0.1, 0.15) is 0 Å². The Morgan fingerprint density at radius 2 is 2.12 bits per heavy atom. The van der Waals surface area contributed by atoms with Crippen molar-refractivity contribution in [1.29, 1.82) is 0 Å². The molecule has 98 valence electrons. The Labute approximate surface area is 105 Å². The Hall–Kier alpha value is -0.800. The third-order valence-corrected chi connectivity index (χ3v) is 3.23. The van der Waals surface area contributed by atoms with E-state index >= 15 is 0 Å². The first-order valence-corrected chi connectivity index (χ1v) is 6.30. The first kappa shape index (κ1) is 14.3. The largest absolute Gasteiger partial charge is 0.472 e. The number of furan rings is 1. The highest BCUT2D eigenvalue weighted by Crippen LogP contribution is 2.21. The van der Waals surface area contributed by atoms with Crippen LogP contribution in [0.4, 0.5) is 0 Å². The van der Waals surface area contributed by atoms with E-state index in [1.807, 2.05) is 19.4 Å². The Kier molecular flexibility index (Phi) is 5.22. The summed E-state index contributed by atoms with van der Waals surface area (Å²) in [5, 5.41) is 3.41. The van der Waals surface area contributed by atoms with E-state index in [0.29, 0.717) is 11.5 Å². The molecule has 1 atom stereocenters. The van der Waals surface area contributed by atoms with Gasteiger partial charge in [-0.1, -0.05) is 20.8 Å². The lowest BCUT2D eigenvalue weighted by atomic mass is 9.85. The minimum atomic E-state index is 0.311. The molecule has 0 aromatic carbocycles. The van der Waals surface area contributed by atoms with Crippen LogP contribution >= 0.6 is 0 Å². The van der Waals surface area contributed by atoms with E-state index < -0.39 is 0 Å². The van der Waals surface area contributed by atoms with Crippen molar-refractivity contribution in [3.63, 3.8) is 0 Å². The highest BCUT2D eigenvalue weighted by Gasteiger charge is 2.22. The van der Waals surface area contributed by atoms with Crippen LogP contribution in [0.2, 0.25) is 0 Å². The molecule has 0 aliphatic carbocycles. The molecule has 3 heteroatoms. The predicted molar refractivity (Wildman–Crippen MR) is 72.0 cm³/mol. The lowest BCUT2D eigenvalue weighted by Crippen LogP contribution is -2.40. The molecule has 0 radical (unpaired) electrons. The summed E-state index contributed by atoms with van der Waals surface area (Å²) >= 11 is 0. The monoisotopic (exact) mass is 238 g/mol. The molecule has 0 bridgehead atoms. The van der Waals surface area contributed by atoms with E-state index in [9.17, 15) is 0 Å². The molecule has 0 saturated heterocycles. The summed E-state index contributed by atoms with van der Waals surface area (Å²) < 4.78 is 5.08. The van der Waals surface area contributed by atoms with Gasteiger partial charge in [-0.3, -0.25) is 0 Å². The van der Waals surface area contributed by atoms with Crippen molar-refractivity contribution in [3.05, 3.63) is 24.2 Å². The van der Waals surface area contributed by atoms with E-state index in [4.69, 9.17) is 4.42 Å². The summed E-state index contributed by atoms with van der Waals surface area (Å²) in [6.07, 6.45) is 4.71. The highest BCUT2D eigenvalue weighted by molar-refractivity contribution is 5.04. The fraction of sp³-hybridized carbons (Fsp3) is 0.714. The smallest absolute Gasteiger partial charge is 0.0947 e. The Morgan fingerprint density at radius 3 is 2.59 bits per heavy atom. The second-order valence-electron chi connectivity index (χ2n) is 5.87. The van der Waals surface area contributed by atoms with Crippen LogP contribution < -0.4 is 5.32 Å². The van der Waals surface area contributed by atoms with Crippen molar-refractivity contribution in [1.82, 2.24) is 10.2 Å². The average molecular weight is 238 g/mol. The SMILES string of the molecule is CNC(CCN(C)Cc1ccoc1)C(C)(C)C. The van der Waals surface area contributed by atoms with E-state index in [0.717, 1.165) is 19.5 Å². The number of hydrogen-bond donors (Lipinski definition) is 1. The Bertz CT molecular complexity index is 301. The summed E-state index contributed by atoms with van der Waals surface area (Å²) in [4.78, 5) is 2.33. The van der Waals surface area contributed by atoms with Gasteiger partial charge < -0.3 is 14.6 Å². The van der Waals surface area contributed by atoms with Crippen LogP contribution in [-0.4, -0.2) is 31.6 Å².